The van der Waals surface area contributed by atoms with E-state index in [4.69, 9.17) is 17.0 Å². The maximum Gasteiger partial charge on any atom is 0.270 e. The molecule has 1 aliphatic rings. The monoisotopic (exact) mass is 358 g/mol. The molecule has 7 heteroatoms. The van der Waals surface area contributed by atoms with Gasteiger partial charge in [0.15, 0.2) is 5.11 Å². The number of thiophene rings is 1. The molecule has 1 aromatic carbocycles. The van der Waals surface area contributed by atoms with Gasteiger partial charge in [0.1, 0.15) is 11.3 Å². The van der Waals surface area contributed by atoms with Crippen LogP contribution in [0.15, 0.2) is 47.4 Å². The zero-order valence-corrected chi connectivity index (χ0v) is 14.4. The van der Waals surface area contributed by atoms with Crippen LogP contribution in [0.3, 0.4) is 0 Å². The highest BCUT2D eigenvalue weighted by molar-refractivity contribution is 7.80. The number of rotatable bonds is 4. The van der Waals surface area contributed by atoms with E-state index in [1.807, 2.05) is 24.4 Å². The van der Waals surface area contributed by atoms with Gasteiger partial charge in [0.25, 0.3) is 11.8 Å². The van der Waals surface area contributed by atoms with Crippen molar-refractivity contribution in [3.8, 4) is 5.75 Å². The van der Waals surface area contributed by atoms with E-state index in [1.54, 1.807) is 30.3 Å². The van der Waals surface area contributed by atoms with Crippen LogP contribution in [-0.2, 0) is 9.59 Å². The van der Waals surface area contributed by atoms with Gasteiger partial charge in [-0.15, -0.1) is 11.3 Å². The van der Waals surface area contributed by atoms with E-state index in [1.165, 1.54) is 16.2 Å². The van der Waals surface area contributed by atoms with Crippen molar-refractivity contribution < 1.29 is 14.3 Å². The molecule has 5 nitrogen and oxygen atoms in total. The Labute approximate surface area is 148 Å². The lowest BCUT2D eigenvalue weighted by atomic mass is 10.1. The first kappa shape index (κ1) is 16.4. The molecule has 2 aromatic rings. The van der Waals surface area contributed by atoms with Crippen LogP contribution in [0, 0.1) is 0 Å². The van der Waals surface area contributed by atoms with E-state index >= 15 is 0 Å². The van der Waals surface area contributed by atoms with Crippen LogP contribution in [0.25, 0.3) is 6.08 Å². The van der Waals surface area contributed by atoms with E-state index in [0.29, 0.717) is 18.0 Å². The number of ether oxygens (including phenoxy) is 1. The fourth-order valence-electron chi connectivity index (χ4n) is 2.27. The summed E-state index contributed by atoms with van der Waals surface area (Å²) in [5, 5.41) is 4.51. The number of nitrogens with zero attached hydrogens (tertiary/aromatic N) is 1. The predicted octanol–water partition coefficient (Wildman–Crippen LogP) is 2.98. The molecule has 0 saturated carbocycles. The molecule has 1 fully saturated rings. The second-order valence-electron chi connectivity index (χ2n) is 4.90. The molecule has 0 unspecified atom stereocenters. The molecule has 2 amide bonds. The molecule has 1 aromatic heterocycles. The third kappa shape index (κ3) is 3.22. The Balaban J connectivity index is 1.93. The molecule has 0 radical (unpaired) electrons. The van der Waals surface area contributed by atoms with E-state index < -0.39 is 11.8 Å². The van der Waals surface area contributed by atoms with Gasteiger partial charge in [-0.05, 0) is 60.9 Å². The van der Waals surface area contributed by atoms with Crippen LogP contribution in [0.1, 0.15) is 11.8 Å². The van der Waals surface area contributed by atoms with E-state index in [9.17, 15) is 9.59 Å². The Morgan fingerprint density at radius 1 is 1.25 bits per heavy atom. The Bertz CT molecular complexity index is 811. The van der Waals surface area contributed by atoms with Crippen LogP contribution in [0.4, 0.5) is 5.69 Å². The molecular weight excluding hydrogens is 344 g/mol. The summed E-state index contributed by atoms with van der Waals surface area (Å²) in [6.07, 6.45) is 1.58. The Morgan fingerprint density at radius 3 is 2.62 bits per heavy atom. The Kier molecular flexibility index (Phi) is 4.73. The number of anilines is 1. The third-order valence-electron chi connectivity index (χ3n) is 3.34. The summed E-state index contributed by atoms with van der Waals surface area (Å²) in [6.45, 7) is 2.46. The fourth-order valence-corrected chi connectivity index (χ4v) is 3.20. The van der Waals surface area contributed by atoms with Gasteiger partial charge in [-0.2, -0.15) is 0 Å². The number of carbonyl (C=O) groups excluding carboxylic acids is 2. The summed E-state index contributed by atoms with van der Waals surface area (Å²) in [5.74, 6) is -0.225. The summed E-state index contributed by atoms with van der Waals surface area (Å²) in [7, 11) is 0. The van der Waals surface area contributed by atoms with Gasteiger partial charge < -0.3 is 4.74 Å². The topological polar surface area (TPSA) is 58.6 Å². The van der Waals surface area contributed by atoms with Crippen molar-refractivity contribution in [3.63, 3.8) is 0 Å². The highest BCUT2D eigenvalue weighted by atomic mass is 32.1. The Morgan fingerprint density at radius 2 is 2.00 bits per heavy atom. The number of benzene rings is 1. The molecule has 122 valence electrons. The lowest BCUT2D eigenvalue weighted by Gasteiger charge is -2.28. The average molecular weight is 358 g/mol. The van der Waals surface area contributed by atoms with Crippen LogP contribution >= 0.6 is 23.6 Å². The van der Waals surface area contributed by atoms with Crippen molar-refractivity contribution in [2.45, 2.75) is 6.92 Å². The minimum atomic E-state index is -0.486. The largest absolute Gasteiger partial charge is 0.494 e. The second-order valence-corrected chi connectivity index (χ2v) is 6.27. The average Bonchev–Trinajstić information content (AvgIpc) is 3.06. The zero-order chi connectivity index (χ0) is 17.1. The molecule has 0 aliphatic carbocycles. The van der Waals surface area contributed by atoms with Crippen molar-refractivity contribution >= 4 is 52.2 Å². The van der Waals surface area contributed by atoms with Gasteiger partial charge >= 0.3 is 0 Å². The van der Waals surface area contributed by atoms with Gasteiger partial charge in [-0.25, -0.2) is 0 Å². The smallest absolute Gasteiger partial charge is 0.270 e. The maximum atomic E-state index is 12.8. The van der Waals surface area contributed by atoms with Crippen molar-refractivity contribution in [2.75, 3.05) is 11.5 Å². The normalized spacial score (nSPS) is 16.5. The van der Waals surface area contributed by atoms with Crippen LogP contribution in [0.2, 0.25) is 0 Å². The van der Waals surface area contributed by atoms with Crippen LogP contribution in [-0.4, -0.2) is 23.5 Å². The zero-order valence-electron chi connectivity index (χ0n) is 12.8. The summed E-state index contributed by atoms with van der Waals surface area (Å²) >= 11 is 6.61. The van der Waals surface area contributed by atoms with Crippen LogP contribution in [0.5, 0.6) is 5.75 Å². The van der Waals surface area contributed by atoms with Gasteiger partial charge in [0.2, 0.25) is 0 Å². The van der Waals surface area contributed by atoms with E-state index in [-0.39, 0.29) is 10.7 Å². The van der Waals surface area contributed by atoms with Crippen molar-refractivity contribution in [1.29, 1.82) is 0 Å². The molecule has 1 saturated heterocycles. The highest BCUT2D eigenvalue weighted by Crippen LogP contribution is 2.25. The first-order chi connectivity index (χ1) is 11.6. The lowest BCUT2D eigenvalue weighted by Crippen LogP contribution is -2.54. The van der Waals surface area contributed by atoms with E-state index in [2.05, 4.69) is 5.32 Å². The SMILES string of the molecule is CCOc1ccc(N2C(=O)/C(=C/c3cccs3)C(=O)NC2=S)cc1. The summed E-state index contributed by atoms with van der Waals surface area (Å²) in [6, 6.07) is 10.7. The maximum absolute atomic E-state index is 12.8. The molecule has 24 heavy (non-hydrogen) atoms. The van der Waals surface area contributed by atoms with Gasteiger partial charge in [-0.3, -0.25) is 19.8 Å². The van der Waals surface area contributed by atoms with Gasteiger partial charge in [-0.1, -0.05) is 6.07 Å². The second kappa shape index (κ2) is 6.94. The number of amides is 2. The summed E-state index contributed by atoms with van der Waals surface area (Å²) < 4.78 is 5.39. The number of hydrogen-bond acceptors (Lipinski definition) is 5. The van der Waals surface area contributed by atoms with Crippen LogP contribution < -0.4 is 15.0 Å². The first-order valence-corrected chi connectivity index (χ1v) is 8.56. The van der Waals surface area contributed by atoms with Gasteiger partial charge in [0.05, 0.1) is 12.3 Å². The lowest BCUT2D eigenvalue weighted by molar-refractivity contribution is -0.122. The summed E-state index contributed by atoms with van der Waals surface area (Å²) in [5.41, 5.74) is 0.630. The molecule has 2 heterocycles. The van der Waals surface area contributed by atoms with E-state index in [0.717, 1.165) is 4.88 Å². The molecule has 1 N–H and O–H groups in total. The summed E-state index contributed by atoms with van der Waals surface area (Å²) in [4.78, 5) is 27.0. The number of hydrogen-bond donors (Lipinski definition) is 1. The standard InChI is InChI=1S/C17H14N2O3S2/c1-2-22-12-7-5-11(6-8-12)19-16(21)14(15(20)18-17(19)23)10-13-4-3-9-24-13/h3-10H,2H2,1H3,(H,18,20,23)/b14-10+. The molecule has 0 bridgehead atoms. The Hall–Kier alpha value is -2.51. The van der Waals surface area contributed by atoms with Crippen molar-refractivity contribution in [1.82, 2.24) is 5.32 Å². The molecule has 0 spiro atoms. The molecular formula is C17H14N2O3S2. The predicted molar refractivity (Wildman–Crippen MR) is 98.1 cm³/mol. The minimum Gasteiger partial charge on any atom is -0.494 e. The molecule has 0 atom stereocenters. The van der Waals surface area contributed by atoms with Crippen molar-refractivity contribution in [2.24, 2.45) is 0 Å². The highest BCUT2D eigenvalue weighted by Gasteiger charge is 2.34. The molecule has 3 rings (SSSR count). The number of nitrogens with one attached hydrogen (secondary N) is 1. The third-order valence-corrected chi connectivity index (χ3v) is 4.44. The quantitative estimate of drug-likeness (QED) is 0.519. The fraction of sp³-hybridized carbons (Fsp3) is 0.118. The number of carbonyl (C=O) groups is 2. The molecule has 1 aliphatic heterocycles. The van der Waals surface area contributed by atoms with Gasteiger partial charge in [0, 0.05) is 4.88 Å². The number of thiocarbonyl (C=S) groups is 1. The van der Waals surface area contributed by atoms with Crippen molar-refractivity contribution in [3.05, 3.63) is 52.2 Å². The first-order valence-electron chi connectivity index (χ1n) is 7.28. The minimum absolute atomic E-state index is 0.0555.